The van der Waals surface area contributed by atoms with Crippen molar-refractivity contribution in [3.05, 3.63) is 47.1 Å². The lowest BCUT2D eigenvalue weighted by molar-refractivity contribution is 0.375. The first-order chi connectivity index (χ1) is 11.4. The molecule has 0 saturated heterocycles. The molecule has 0 amide bonds. The summed E-state index contributed by atoms with van der Waals surface area (Å²) >= 11 is 0. The molecule has 8 nitrogen and oxygen atoms in total. The normalized spacial score (nSPS) is 11.6. The molecule has 0 saturated carbocycles. The molecule has 2 aromatic rings. The number of anilines is 1. The summed E-state index contributed by atoms with van der Waals surface area (Å²) in [5, 5.41) is 1.10. The molecule has 1 heterocycles. The van der Waals surface area contributed by atoms with Gasteiger partial charge in [-0.3, -0.25) is 0 Å². The molecule has 2 rings (SSSR count). The topological polar surface area (TPSA) is 97.3 Å². The summed E-state index contributed by atoms with van der Waals surface area (Å²) < 4.78 is 31.5. The van der Waals surface area contributed by atoms with Crippen molar-refractivity contribution in [2.45, 2.75) is 6.54 Å². The molecule has 0 fully saturated rings. The summed E-state index contributed by atoms with van der Waals surface area (Å²) in [6, 6.07) is 9.28. The Morgan fingerprint density at radius 1 is 1.17 bits per heavy atom. The molecule has 1 N–H and O–H groups in total. The molecule has 0 unspecified atom stereocenters. The van der Waals surface area contributed by atoms with Crippen molar-refractivity contribution in [1.29, 1.82) is 0 Å². The molecular formula is C15H19N5O3S. The lowest BCUT2D eigenvalue weighted by Gasteiger charge is -2.12. The van der Waals surface area contributed by atoms with Crippen molar-refractivity contribution in [2.75, 3.05) is 26.1 Å². The van der Waals surface area contributed by atoms with Gasteiger partial charge in [-0.05, 0) is 11.6 Å². The molecule has 0 aliphatic heterocycles. The summed E-state index contributed by atoms with van der Waals surface area (Å²) in [5.74, 6) is 0.651. The predicted molar refractivity (Wildman–Crippen MR) is 91.9 cm³/mol. The van der Waals surface area contributed by atoms with Gasteiger partial charge < -0.3 is 9.64 Å². The van der Waals surface area contributed by atoms with E-state index < -0.39 is 10.0 Å². The highest BCUT2D eigenvalue weighted by Crippen LogP contribution is 2.10. The van der Waals surface area contributed by atoms with Crippen LogP contribution in [-0.4, -0.2) is 44.6 Å². The third-order valence-electron chi connectivity index (χ3n) is 2.90. The van der Waals surface area contributed by atoms with Gasteiger partial charge in [0.05, 0.1) is 13.7 Å². The summed E-state index contributed by atoms with van der Waals surface area (Å²) in [4.78, 5) is 13.9. The molecule has 128 valence electrons. The van der Waals surface area contributed by atoms with E-state index >= 15 is 0 Å². The van der Waals surface area contributed by atoms with E-state index in [4.69, 9.17) is 4.74 Å². The van der Waals surface area contributed by atoms with E-state index in [1.807, 2.05) is 30.3 Å². The number of methoxy groups -OCH3 is 1. The second-order valence-electron chi connectivity index (χ2n) is 5.01. The molecule has 0 bridgehead atoms. The van der Waals surface area contributed by atoms with Gasteiger partial charge in [0, 0.05) is 19.5 Å². The Morgan fingerprint density at radius 3 is 2.50 bits per heavy atom. The second kappa shape index (κ2) is 7.84. The fraction of sp³-hybridized carbons (Fsp3) is 0.267. The zero-order valence-corrected chi connectivity index (χ0v) is 14.5. The van der Waals surface area contributed by atoms with E-state index in [2.05, 4.69) is 19.7 Å². The fourth-order valence-electron chi connectivity index (χ4n) is 1.70. The minimum absolute atomic E-state index is 0.0683. The van der Waals surface area contributed by atoms with Gasteiger partial charge in [0.25, 0.3) is 0 Å². The van der Waals surface area contributed by atoms with E-state index in [1.165, 1.54) is 13.2 Å². The highest BCUT2D eigenvalue weighted by atomic mass is 32.2. The van der Waals surface area contributed by atoms with Crippen molar-refractivity contribution >= 4 is 22.0 Å². The maximum absolute atomic E-state index is 12.0. The van der Waals surface area contributed by atoms with E-state index in [0.29, 0.717) is 5.95 Å². The van der Waals surface area contributed by atoms with Gasteiger partial charge in [-0.1, -0.05) is 30.3 Å². The number of hydrogen-bond donors (Lipinski definition) is 1. The maximum atomic E-state index is 12.0. The summed E-state index contributed by atoms with van der Waals surface area (Å²) in [6.45, 7) is -0.0683. The number of hydrogen-bond acceptors (Lipinski definition) is 7. The minimum Gasteiger partial charge on any atom is -0.467 e. The summed E-state index contributed by atoms with van der Waals surface area (Å²) in [5.41, 5.74) is 0.791. The summed E-state index contributed by atoms with van der Waals surface area (Å²) in [7, 11) is 1.36. The third-order valence-corrected chi connectivity index (χ3v) is 3.94. The third kappa shape index (κ3) is 5.28. The average Bonchev–Trinajstić information content (AvgIpc) is 2.59. The Morgan fingerprint density at radius 2 is 1.88 bits per heavy atom. The van der Waals surface area contributed by atoms with Crippen LogP contribution < -0.4 is 14.4 Å². The smallest absolute Gasteiger partial charge is 0.321 e. The van der Waals surface area contributed by atoms with Crippen molar-refractivity contribution < 1.29 is 13.2 Å². The highest BCUT2D eigenvalue weighted by Gasteiger charge is 2.11. The number of sulfonamides is 1. The Hall–Kier alpha value is -2.52. The minimum atomic E-state index is -3.62. The Labute approximate surface area is 141 Å². The molecular weight excluding hydrogens is 330 g/mol. The Bertz CT molecular complexity index is 807. The predicted octanol–water partition coefficient (Wildman–Crippen LogP) is 1.04. The number of nitrogens with zero attached hydrogens (tertiary/aromatic N) is 4. The van der Waals surface area contributed by atoms with Gasteiger partial charge in [0.1, 0.15) is 0 Å². The largest absolute Gasteiger partial charge is 0.467 e. The molecule has 0 radical (unpaired) electrons. The SMILES string of the molecule is COc1nc(CNS(=O)(=O)/C=C/c2ccccc2)nc(N(C)C)n1. The van der Waals surface area contributed by atoms with Crippen LogP contribution in [0.15, 0.2) is 35.7 Å². The molecule has 0 spiro atoms. The first-order valence-electron chi connectivity index (χ1n) is 7.09. The average molecular weight is 349 g/mol. The van der Waals surface area contributed by atoms with Gasteiger partial charge in [0.15, 0.2) is 5.82 Å². The number of benzene rings is 1. The van der Waals surface area contributed by atoms with Crippen LogP contribution in [0.2, 0.25) is 0 Å². The van der Waals surface area contributed by atoms with Crippen LogP contribution in [0, 0.1) is 0 Å². The van der Waals surface area contributed by atoms with Crippen LogP contribution >= 0.6 is 0 Å². The number of ether oxygens (including phenoxy) is 1. The van der Waals surface area contributed by atoms with E-state index in [0.717, 1.165) is 11.0 Å². The molecule has 0 atom stereocenters. The standard InChI is InChI=1S/C15H19N5O3S/c1-20(2)14-17-13(18-15(19-14)23-3)11-16-24(21,22)10-9-12-7-5-4-6-8-12/h4-10,16H,11H2,1-3H3/b10-9+. The highest BCUT2D eigenvalue weighted by molar-refractivity contribution is 7.92. The molecule has 0 aliphatic rings. The molecule has 9 heteroatoms. The lowest BCUT2D eigenvalue weighted by atomic mass is 10.2. The van der Waals surface area contributed by atoms with Crippen LogP contribution in [0.4, 0.5) is 5.95 Å². The zero-order chi connectivity index (χ0) is 17.6. The molecule has 1 aromatic carbocycles. The van der Waals surface area contributed by atoms with Gasteiger partial charge in [0.2, 0.25) is 16.0 Å². The van der Waals surface area contributed by atoms with E-state index in [-0.39, 0.29) is 18.4 Å². The molecule has 1 aromatic heterocycles. The van der Waals surface area contributed by atoms with Crippen LogP contribution in [0.1, 0.15) is 11.4 Å². The molecule has 0 aliphatic carbocycles. The van der Waals surface area contributed by atoms with Crippen LogP contribution in [0.5, 0.6) is 6.01 Å². The van der Waals surface area contributed by atoms with Gasteiger partial charge in [-0.25, -0.2) is 13.1 Å². The van der Waals surface area contributed by atoms with Crippen LogP contribution in [-0.2, 0) is 16.6 Å². The van der Waals surface area contributed by atoms with E-state index in [1.54, 1.807) is 19.0 Å². The number of rotatable bonds is 7. The first kappa shape index (κ1) is 17.8. The monoisotopic (exact) mass is 349 g/mol. The maximum Gasteiger partial charge on any atom is 0.321 e. The van der Waals surface area contributed by atoms with Gasteiger partial charge in [-0.2, -0.15) is 15.0 Å². The van der Waals surface area contributed by atoms with Crippen molar-refractivity contribution in [3.8, 4) is 6.01 Å². The Balaban J connectivity index is 2.09. The quantitative estimate of drug-likeness (QED) is 0.797. The zero-order valence-electron chi connectivity index (χ0n) is 13.7. The van der Waals surface area contributed by atoms with Crippen LogP contribution in [0.3, 0.4) is 0 Å². The van der Waals surface area contributed by atoms with Gasteiger partial charge >= 0.3 is 6.01 Å². The molecule has 24 heavy (non-hydrogen) atoms. The lowest BCUT2D eigenvalue weighted by Crippen LogP contribution is -2.23. The van der Waals surface area contributed by atoms with Crippen LogP contribution in [0.25, 0.3) is 6.08 Å². The number of aromatic nitrogens is 3. The first-order valence-corrected chi connectivity index (χ1v) is 8.63. The second-order valence-corrected chi connectivity index (χ2v) is 6.66. The van der Waals surface area contributed by atoms with E-state index in [9.17, 15) is 8.42 Å². The summed E-state index contributed by atoms with van der Waals surface area (Å²) in [6.07, 6.45) is 1.52. The number of nitrogens with one attached hydrogen (secondary N) is 1. The van der Waals surface area contributed by atoms with Gasteiger partial charge in [-0.15, -0.1) is 0 Å². The Kier molecular flexibility index (Phi) is 5.83. The fourth-order valence-corrected chi connectivity index (χ4v) is 2.47. The van der Waals surface area contributed by atoms with Crippen molar-refractivity contribution in [3.63, 3.8) is 0 Å². The van der Waals surface area contributed by atoms with Crippen molar-refractivity contribution in [2.24, 2.45) is 0 Å². The van der Waals surface area contributed by atoms with Crippen molar-refractivity contribution in [1.82, 2.24) is 19.7 Å².